The van der Waals surface area contributed by atoms with Gasteiger partial charge in [0, 0.05) is 17.5 Å². The largest absolute Gasteiger partial charge is 0.507 e. The summed E-state index contributed by atoms with van der Waals surface area (Å²) >= 11 is 6.19. The van der Waals surface area contributed by atoms with Crippen LogP contribution in [0.3, 0.4) is 0 Å². The average Bonchev–Trinajstić information content (AvgIpc) is 2.70. The van der Waals surface area contributed by atoms with E-state index in [4.69, 9.17) is 40.0 Å². The number of ether oxygens (including phenoxy) is 6. The molecule has 27 heavy (non-hydrogen) atoms. The summed E-state index contributed by atoms with van der Waals surface area (Å²) in [6.45, 7) is 0. The SMILES string of the molecule is COc1cc(O)c(-c2c(CCl)cc(OC)c(OC)c2OC)c(OC)c1OC. The Morgan fingerprint density at radius 2 is 1.11 bits per heavy atom. The first-order chi connectivity index (χ1) is 13.0. The Balaban J connectivity index is 3.01. The van der Waals surface area contributed by atoms with Crippen molar-refractivity contribution < 1.29 is 33.5 Å². The maximum Gasteiger partial charge on any atom is 0.204 e. The lowest BCUT2D eigenvalue weighted by molar-refractivity contribution is 0.319. The summed E-state index contributed by atoms with van der Waals surface area (Å²) in [5.41, 5.74) is 1.48. The molecule has 8 heteroatoms. The zero-order chi connectivity index (χ0) is 20.1. The van der Waals surface area contributed by atoms with Gasteiger partial charge in [-0.3, -0.25) is 0 Å². The zero-order valence-electron chi connectivity index (χ0n) is 16.1. The molecule has 1 N–H and O–H groups in total. The first kappa shape index (κ1) is 20.6. The van der Waals surface area contributed by atoms with E-state index in [0.29, 0.717) is 45.4 Å². The van der Waals surface area contributed by atoms with Gasteiger partial charge in [-0.1, -0.05) is 0 Å². The fraction of sp³-hybridized carbons (Fsp3) is 0.368. The number of alkyl halides is 1. The summed E-state index contributed by atoms with van der Waals surface area (Å²) in [5, 5.41) is 10.8. The van der Waals surface area contributed by atoms with Crippen molar-refractivity contribution in [1.82, 2.24) is 0 Å². The van der Waals surface area contributed by atoms with Crippen LogP contribution in [0.5, 0.6) is 40.2 Å². The highest BCUT2D eigenvalue weighted by Gasteiger charge is 2.29. The molecule has 0 saturated heterocycles. The van der Waals surface area contributed by atoms with Gasteiger partial charge in [-0.15, -0.1) is 11.6 Å². The molecule has 0 fully saturated rings. The second-order valence-corrected chi connectivity index (χ2v) is 5.62. The van der Waals surface area contributed by atoms with E-state index in [2.05, 4.69) is 0 Å². The van der Waals surface area contributed by atoms with Crippen molar-refractivity contribution in [2.45, 2.75) is 5.88 Å². The number of hydrogen-bond donors (Lipinski definition) is 1. The molecule has 0 aliphatic rings. The first-order valence-corrected chi connectivity index (χ1v) is 8.46. The Labute approximate surface area is 163 Å². The van der Waals surface area contributed by atoms with Crippen LogP contribution < -0.4 is 28.4 Å². The van der Waals surface area contributed by atoms with E-state index >= 15 is 0 Å². The highest BCUT2D eigenvalue weighted by molar-refractivity contribution is 6.17. The summed E-state index contributed by atoms with van der Waals surface area (Å²) in [5.74, 6) is 2.10. The van der Waals surface area contributed by atoms with Gasteiger partial charge in [0.15, 0.2) is 23.0 Å². The molecule has 0 heterocycles. The van der Waals surface area contributed by atoms with Crippen LogP contribution in [0.2, 0.25) is 0 Å². The van der Waals surface area contributed by atoms with Crippen molar-refractivity contribution >= 4 is 11.6 Å². The van der Waals surface area contributed by atoms with E-state index in [9.17, 15) is 5.11 Å². The Hall–Kier alpha value is -2.67. The zero-order valence-corrected chi connectivity index (χ0v) is 16.9. The van der Waals surface area contributed by atoms with Crippen LogP contribution in [-0.2, 0) is 5.88 Å². The minimum atomic E-state index is -0.0959. The van der Waals surface area contributed by atoms with Gasteiger partial charge in [0.25, 0.3) is 0 Å². The molecule has 2 aromatic carbocycles. The van der Waals surface area contributed by atoms with Crippen molar-refractivity contribution in [2.75, 3.05) is 42.7 Å². The van der Waals surface area contributed by atoms with Crippen LogP contribution in [0.15, 0.2) is 12.1 Å². The van der Waals surface area contributed by atoms with Crippen molar-refractivity contribution in [3.63, 3.8) is 0 Å². The monoisotopic (exact) mass is 398 g/mol. The third-order valence-corrected chi connectivity index (χ3v) is 4.40. The number of rotatable bonds is 8. The Morgan fingerprint density at radius 1 is 0.667 bits per heavy atom. The summed E-state index contributed by atoms with van der Waals surface area (Å²) in [6.07, 6.45) is 0. The minimum absolute atomic E-state index is 0.0959. The molecule has 2 rings (SSSR count). The van der Waals surface area contributed by atoms with E-state index in [1.165, 1.54) is 48.7 Å². The number of phenolic OH excluding ortho intramolecular Hbond substituents is 1. The lowest BCUT2D eigenvalue weighted by atomic mass is 9.95. The van der Waals surface area contributed by atoms with E-state index in [-0.39, 0.29) is 17.4 Å². The highest BCUT2D eigenvalue weighted by Crippen LogP contribution is 2.56. The molecule has 0 atom stereocenters. The molecule has 0 aliphatic heterocycles. The van der Waals surface area contributed by atoms with E-state index in [1.54, 1.807) is 6.07 Å². The van der Waals surface area contributed by atoms with Crippen molar-refractivity contribution in [3.8, 4) is 51.4 Å². The number of aromatic hydroxyl groups is 1. The normalized spacial score (nSPS) is 10.3. The molecule has 148 valence electrons. The number of hydrogen-bond acceptors (Lipinski definition) is 7. The summed E-state index contributed by atoms with van der Waals surface area (Å²) in [6, 6.07) is 3.16. The number of methoxy groups -OCH3 is 6. The van der Waals surface area contributed by atoms with Gasteiger partial charge in [0.2, 0.25) is 11.5 Å². The Bertz CT molecular complexity index is 821. The van der Waals surface area contributed by atoms with Crippen LogP contribution in [-0.4, -0.2) is 47.8 Å². The van der Waals surface area contributed by atoms with Gasteiger partial charge in [0.05, 0.1) is 48.2 Å². The smallest absolute Gasteiger partial charge is 0.204 e. The molecule has 0 aliphatic carbocycles. The third-order valence-electron chi connectivity index (χ3n) is 4.11. The molecule has 2 aromatic rings. The van der Waals surface area contributed by atoms with Gasteiger partial charge in [0.1, 0.15) is 5.75 Å². The molecule has 0 unspecified atom stereocenters. The number of phenols is 1. The van der Waals surface area contributed by atoms with E-state index in [0.717, 1.165) is 0 Å². The summed E-state index contributed by atoms with van der Waals surface area (Å²) in [7, 11) is 8.92. The molecule has 0 amide bonds. The Morgan fingerprint density at radius 3 is 1.52 bits per heavy atom. The topological polar surface area (TPSA) is 75.6 Å². The predicted octanol–water partition coefficient (Wildman–Crippen LogP) is 3.85. The van der Waals surface area contributed by atoms with Crippen LogP contribution in [0.4, 0.5) is 0 Å². The fourth-order valence-electron chi connectivity index (χ4n) is 2.97. The molecule has 7 nitrogen and oxygen atoms in total. The Kier molecular flexibility index (Phi) is 6.74. The molecule has 0 radical (unpaired) electrons. The lowest BCUT2D eigenvalue weighted by Crippen LogP contribution is -2.03. The van der Waals surface area contributed by atoms with Gasteiger partial charge in [-0.05, 0) is 11.6 Å². The minimum Gasteiger partial charge on any atom is -0.507 e. The quantitative estimate of drug-likeness (QED) is 0.677. The number of halogens is 1. The maximum absolute atomic E-state index is 10.8. The van der Waals surface area contributed by atoms with Crippen LogP contribution in [0, 0.1) is 0 Å². The van der Waals surface area contributed by atoms with Crippen molar-refractivity contribution in [1.29, 1.82) is 0 Å². The first-order valence-electron chi connectivity index (χ1n) is 7.92. The highest BCUT2D eigenvalue weighted by atomic mass is 35.5. The van der Waals surface area contributed by atoms with Crippen molar-refractivity contribution in [3.05, 3.63) is 17.7 Å². The standard InChI is InChI=1S/C19H23ClO7/c1-22-12-7-10(9-20)14(18(26-5)16(12)24-3)15-11(21)8-13(23-2)17(25-4)19(15)27-6/h7-8,21H,9H2,1-6H3. The fourth-order valence-corrected chi connectivity index (χ4v) is 3.18. The van der Waals surface area contributed by atoms with E-state index in [1.807, 2.05) is 0 Å². The molecular weight excluding hydrogens is 376 g/mol. The predicted molar refractivity (Wildman–Crippen MR) is 102 cm³/mol. The molecular formula is C19H23ClO7. The molecule has 0 bridgehead atoms. The number of benzene rings is 2. The van der Waals surface area contributed by atoms with Crippen LogP contribution in [0.1, 0.15) is 5.56 Å². The molecule has 0 spiro atoms. The van der Waals surface area contributed by atoms with E-state index < -0.39 is 0 Å². The molecule has 0 saturated carbocycles. The maximum atomic E-state index is 10.8. The second kappa shape index (κ2) is 8.81. The van der Waals surface area contributed by atoms with Crippen molar-refractivity contribution in [2.24, 2.45) is 0 Å². The summed E-state index contributed by atoms with van der Waals surface area (Å²) in [4.78, 5) is 0. The molecule has 0 aromatic heterocycles. The second-order valence-electron chi connectivity index (χ2n) is 5.35. The average molecular weight is 399 g/mol. The van der Waals surface area contributed by atoms with Crippen LogP contribution in [0.25, 0.3) is 11.1 Å². The lowest BCUT2D eigenvalue weighted by Gasteiger charge is -2.22. The van der Waals surface area contributed by atoms with Gasteiger partial charge < -0.3 is 33.5 Å². The van der Waals surface area contributed by atoms with Crippen LogP contribution >= 0.6 is 11.6 Å². The van der Waals surface area contributed by atoms with Gasteiger partial charge in [-0.2, -0.15) is 0 Å². The van der Waals surface area contributed by atoms with Gasteiger partial charge >= 0.3 is 0 Å². The third kappa shape index (κ3) is 3.47. The van der Waals surface area contributed by atoms with Gasteiger partial charge in [-0.25, -0.2) is 0 Å². The summed E-state index contributed by atoms with van der Waals surface area (Å²) < 4.78 is 32.7.